The topological polar surface area (TPSA) is 76.1 Å². The van der Waals surface area contributed by atoms with E-state index in [2.05, 4.69) is 44.4 Å². The largest absolute Gasteiger partial charge is 0.465 e. The van der Waals surface area contributed by atoms with Gasteiger partial charge in [0.25, 0.3) is 0 Å². The first-order valence-corrected chi connectivity index (χ1v) is 8.32. The molecule has 1 aromatic heterocycles. The third-order valence-electron chi connectivity index (χ3n) is 3.85. The van der Waals surface area contributed by atoms with Crippen LogP contribution in [0, 0.1) is 0 Å². The molecule has 0 unspecified atom stereocenters. The quantitative estimate of drug-likeness (QED) is 0.646. The minimum absolute atomic E-state index is 0.368. The van der Waals surface area contributed by atoms with E-state index in [1.807, 2.05) is 12.1 Å². The number of aromatic nitrogens is 2. The number of carbonyl (C=O) groups is 1. The Kier molecular flexibility index (Phi) is 5.43. The maximum Gasteiger partial charge on any atom is 0.337 e. The lowest BCUT2D eigenvalue weighted by molar-refractivity contribution is 0.0601. The van der Waals surface area contributed by atoms with Crippen LogP contribution in [-0.4, -0.2) is 23.0 Å². The van der Waals surface area contributed by atoms with Crippen molar-refractivity contribution in [3.8, 4) is 0 Å². The summed E-state index contributed by atoms with van der Waals surface area (Å²) in [5, 5.41) is 6.38. The van der Waals surface area contributed by atoms with Crippen LogP contribution in [-0.2, 0) is 11.2 Å². The van der Waals surface area contributed by atoms with Crippen molar-refractivity contribution in [3.05, 3.63) is 71.9 Å². The molecule has 3 rings (SSSR count). The van der Waals surface area contributed by atoms with Crippen LogP contribution >= 0.6 is 0 Å². The molecule has 2 N–H and O–H groups in total. The zero-order valence-corrected chi connectivity index (χ0v) is 14.7. The molecule has 0 fully saturated rings. The summed E-state index contributed by atoms with van der Waals surface area (Å²) < 4.78 is 4.69. The highest BCUT2D eigenvalue weighted by molar-refractivity contribution is 5.89. The molecule has 0 atom stereocenters. The number of benzene rings is 2. The van der Waals surface area contributed by atoms with E-state index in [0.29, 0.717) is 17.3 Å². The first-order valence-electron chi connectivity index (χ1n) is 8.32. The molecule has 2 aromatic carbocycles. The number of carbonyl (C=O) groups excluding carboxylic acids is 1. The normalized spacial score (nSPS) is 10.2. The maximum absolute atomic E-state index is 11.5. The van der Waals surface area contributed by atoms with Crippen molar-refractivity contribution < 1.29 is 9.53 Å². The van der Waals surface area contributed by atoms with E-state index in [-0.39, 0.29) is 5.97 Å². The van der Waals surface area contributed by atoms with E-state index in [9.17, 15) is 4.79 Å². The molecule has 0 aliphatic heterocycles. The Morgan fingerprint density at radius 1 is 0.962 bits per heavy atom. The highest BCUT2D eigenvalue weighted by atomic mass is 16.5. The molecule has 132 valence electrons. The molecule has 6 heteroatoms. The van der Waals surface area contributed by atoms with Crippen molar-refractivity contribution in [1.82, 2.24) is 9.97 Å². The molecule has 0 radical (unpaired) electrons. The number of rotatable bonds is 6. The van der Waals surface area contributed by atoms with Gasteiger partial charge in [-0.3, -0.25) is 0 Å². The van der Waals surface area contributed by atoms with Gasteiger partial charge in [-0.05, 0) is 54.4 Å². The first kappa shape index (κ1) is 17.4. The van der Waals surface area contributed by atoms with Crippen LogP contribution in [0.1, 0.15) is 22.8 Å². The van der Waals surface area contributed by atoms with Crippen molar-refractivity contribution in [2.75, 3.05) is 17.7 Å². The van der Waals surface area contributed by atoms with Crippen LogP contribution < -0.4 is 10.6 Å². The number of nitrogens with zero attached hydrogens (tertiary/aromatic N) is 2. The molecule has 0 aliphatic rings. The second-order valence-electron chi connectivity index (χ2n) is 5.63. The second-order valence-corrected chi connectivity index (χ2v) is 5.63. The molecule has 0 saturated carbocycles. The summed E-state index contributed by atoms with van der Waals surface area (Å²) >= 11 is 0. The van der Waals surface area contributed by atoms with Crippen LogP contribution in [0.3, 0.4) is 0 Å². The Labute approximate surface area is 152 Å². The summed E-state index contributed by atoms with van der Waals surface area (Å²) in [6.07, 6.45) is 2.69. The van der Waals surface area contributed by atoms with E-state index in [1.165, 1.54) is 12.7 Å². The molecular weight excluding hydrogens is 328 g/mol. The van der Waals surface area contributed by atoms with E-state index in [4.69, 9.17) is 0 Å². The molecule has 0 aliphatic carbocycles. The number of aryl methyl sites for hydroxylation is 1. The molecule has 0 amide bonds. The zero-order valence-electron chi connectivity index (χ0n) is 14.7. The van der Waals surface area contributed by atoms with Crippen molar-refractivity contribution in [2.24, 2.45) is 0 Å². The van der Waals surface area contributed by atoms with Gasteiger partial charge < -0.3 is 15.4 Å². The van der Waals surface area contributed by atoms with E-state index < -0.39 is 0 Å². The molecule has 0 bridgehead atoms. The Hall–Kier alpha value is -3.41. The summed E-state index contributed by atoms with van der Waals surface area (Å²) in [5.41, 5.74) is 3.53. The average molecular weight is 348 g/mol. The number of hydrogen-bond donors (Lipinski definition) is 2. The van der Waals surface area contributed by atoms with Gasteiger partial charge in [0.15, 0.2) is 0 Å². The Balaban J connectivity index is 1.69. The average Bonchev–Trinajstić information content (AvgIpc) is 2.69. The lowest BCUT2D eigenvalue weighted by Gasteiger charge is -2.09. The standard InChI is InChI=1S/C20H20N4O2/c1-3-14-4-8-16(9-5-14)22-18-12-13-21-20(24-18)23-17-10-6-15(7-11-17)19(25)26-2/h4-13H,3H2,1-2H3,(H2,21,22,23,24). The molecular formula is C20H20N4O2. The maximum atomic E-state index is 11.5. The first-order chi connectivity index (χ1) is 12.7. The monoisotopic (exact) mass is 348 g/mol. The van der Waals surface area contributed by atoms with E-state index in [0.717, 1.165) is 17.8 Å². The van der Waals surface area contributed by atoms with Crippen LogP contribution in [0.2, 0.25) is 0 Å². The fraction of sp³-hybridized carbons (Fsp3) is 0.150. The highest BCUT2D eigenvalue weighted by Gasteiger charge is 2.05. The van der Waals surface area contributed by atoms with Crippen LogP contribution in [0.15, 0.2) is 60.8 Å². The van der Waals surface area contributed by atoms with Gasteiger partial charge in [0.2, 0.25) is 5.95 Å². The van der Waals surface area contributed by atoms with Crippen molar-refractivity contribution in [1.29, 1.82) is 0 Å². The SMILES string of the molecule is CCc1ccc(Nc2ccnc(Nc3ccc(C(=O)OC)cc3)n2)cc1. The van der Waals surface area contributed by atoms with Crippen molar-refractivity contribution in [2.45, 2.75) is 13.3 Å². The Morgan fingerprint density at radius 3 is 2.27 bits per heavy atom. The Morgan fingerprint density at radius 2 is 1.62 bits per heavy atom. The molecule has 3 aromatic rings. The predicted molar refractivity (Wildman–Crippen MR) is 102 cm³/mol. The third kappa shape index (κ3) is 4.36. The van der Waals surface area contributed by atoms with Crippen LogP contribution in [0.4, 0.5) is 23.1 Å². The van der Waals surface area contributed by atoms with Crippen LogP contribution in [0.5, 0.6) is 0 Å². The number of esters is 1. The molecule has 1 heterocycles. The van der Waals surface area contributed by atoms with Gasteiger partial charge in [-0.15, -0.1) is 0 Å². The number of hydrogen-bond acceptors (Lipinski definition) is 6. The fourth-order valence-electron chi connectivity index (χ4n) is 2.40. The van der Waals surface area contributed by atoms with Gasteiger partial charge in [0.1, 0.15) is 5.82 Å². The van der Waals surface area contributed by atoms with Crippen molar-refractivity contribution in [3.63, 3.8) is 0 Å². The van der Waals surface area contributed by atoms with E-state index >= 15 is 0 Å². The minimum atomic E-state index is -0.368. The lowest BCUT2D eigenvalue weighted by Crippen LogP contribution is -2.02. The van der Waals surface area contributed by atoms with Crippen LogP contribution in [0.25, 0.3) is 0 Å². The van der Waals surface area contributed by atoms with Gasteiger partial charge >= 0.3 is 5.97 Å². The fourth-order valence-corrected chi connectivity index (χ4v) is 2.40. The van der Waals surface area contributed by atoms with Gasteiger partial charge in [-0.25, -0.2) is 9.78 Å². The van der Waals surface area contributed by atoms with Crippen molar-refractivity contribution >= 4 is 29.1 Å². The van der Waals surface area contributed by atoms with Gasteiger partial charge in [0.05, 0.1) is 12.7 Å². The lowest BCUT2D eigenvalue weighted by atomic mass is 10.1. The minimum Gasteiger partial charge on any atom is -0.465 e. The predicted octanol–water partition coefficient (Wildman–Crippen LogP) is 4.31. The van der Waals surface area contributed by atoms with Gasteiger partial charge in [-0.2, -0.15) is 4.98 Å². The molecule has 6 nitrogen and oxygen atoms in total. The zero-order chi connectivity index (χ0) is 18.4. The number of methoxy groups -OCH3 is 1. The summed E-state index contributed by atoms with van der Waals surface area (Å²) in [5.74, 6) is 0.789. The third-order valence-corrected chi connectivity index (χ3v) is 3.85. The summed E-state index contributed by atoms with van der Waals surface area (Å²) in [6.45, 7) is 2.13. The summed E-state index contributed by atoms with van der Waals surface area (Å²) in [6, 6.07) is 17.0. The second kappa shape index (κ2) is 8.11. The summed E-state index contributed by atoms with van der Waals surface area (Å²) in [7, 11) is 1.36. The number of ether oxygens (including phenoxy) is 1. The van der Waals surface area contributed by atoms with E-state index in [1.54, 1.807) is 36.5 Å². The number of nitrogens with one attached hydrogen (secondary N) is 2. The molecule has 0 saturated heterocycles. The van der Waals surface area contributed by atoms with Gasteiger partial charge in [-0.1, -0.05) is 19.1 Å². The molecule has 0 spiro atoms. The number of anilines is 4. The highest BCUT2D eigenvalue weighted by Crippen LogP contribution is 2.19. The van der Waals surface area contributed by atoms with Gasteiger partial charge in [0, 0.05) is 17.6 Å². The smallest absolute Gasteiger partial charge is 0.337 e. The Bertz CT molecular complexity index is 877. The summed E-state index contributed by atoms with van der Waals surface area (Å²) in [4.78, 5) is 20.1. The molecule has 26 heavy (non-hydrogen) atoms.